The van der Waals surface area contributed by atoms with Gasteiger partial charge in [0.2, 0.25) is 0 Å². The number of carbonyl (C=O) groups is 1. The van der Waals surface area contributed by atoms with Crippen LogP contribution in [0.15, 0.2) is 22.8 Å². The highest BCUT2D eigenvalue weighted by atomic mass is 16.3. The Morgan fingerprint density at radius 1 is 1.21 bits per heavy atom. The van der Waals surface area contributed by atoms with Crippen LogP contribution in [0.2, 0.25) is 0 Å². The number of hydrogen-bond acceptors (Lipinski definition) is 3. The van der Waals surface area contributed by atoms with Gasteiger partial charge in [0.25, 0.3) is 0 Å². The van der Waals surface area contributed by atoms with Crippen molar-refractivity contribution in [3.05, 3.63) is 29.5 Å². The van der Waals surface area contributed by atoms with Crippen LogP contribution in [0, 0.1) is 6.92 Å². The van der Waals surface area contributed by atoms with Gasteiger partial charge in [-0.1, -0.05) is 0 Å². The van der Waals surface area contributed by atoms with E-state index < -0.39 is 11.0 Å². The molecule has 1 aromatic carbocycles. The molecule has 0 saturated carbocycles. The number of rotatable bonds is 0. The predicted molar refractivity (Wildman–Crippen MR) is 76.7 cm³/mol. The summed E-state index contributed by atoms with van der Waals surface area (Å²) in [6.45, 7) is 9.90. The van der Waals surface area contributed by atoms with Gasteiger partial charge in [0.1, 0.15) is 5.58 Å². The number of Topliss-reactive ketones (excluding diaryl/α,β-unsaturated/α-hetero) is 1. The first-order valence-electron chi connectivity index (χ1n) is 6.59. The van der Waals surface area contributed by atoms with E-state index in [4.69, 9.17) is 4.42 Å². The maximum atomic E-state index is 12.6. The third kappa shape index (κ3) is 1.47. The molecule has 3 heteroatoms. The van der Waals surface area contributed by atoms with E-state index in [1.54, 1.807) is 6.26 Å². The van der Waals surface area contributed by atoms with E-state index in [9.17, 15) is 4.79 Å². The van der Waals surface area contributed by atoms with Gasteiger partial charge in [-0.25, -0.2) is 0 Å². The van der Waals surface area contributed by atoms with E-state index in [-0.39, 0.29) is 5.78 Å². The molecule has 1 aliphatic rings. The average molecular weight is 257 g/mol. The van der Waals surface area contributed by atoms with Crippen molar-refractivity contribution in [3.8, 4) is 0 Å². The Labute approximate surface area is 113 Å². The number of carbonyl (C=O) groups excluding carboxylic acids is 1. The van der Waals surface area contributed by atoms with Crippen molar-refractivity contribution < 1.29 is 9.21 Å². The third-order valence-electron chi connectivity index (χ3n) is 4.17. The number of furan rings is 1. The minimum atomic E-state index is -0.560. The van der Waals surface area contributed by atoms with Crippen LogP contribution in [0.25, 0.3) is 11.0 Å². The lowest BCUT2D eigenvalue weighted by Crippen LogP contribution is -2.53. The SMILES string of the molecule is Cc1cc2c(c3ccoc13)NC(C)(C)C(=O)C2(C)C. The predicted octanol–water partition coefficient (Wildman–Crippen LogP) is 3.79. The summed E-state index contributed by atoms with van der Waals surface area (Å²) in [5, 5.41) is 4.45. The minimum absolute atomic E-state index is 0.217. The lowest BCUT2D eigenvalue weighted by atomic mass is 9.69. The number of hydrogen-bond donors (Lipinski definition) is 1. The molecule has 100 valence electrons. The fourth-order valence-corrected chi connectivity index (χ4v) is 3.21. The van der Waals surface area contributed by atoms with Gasteiger partial charge in [-0.3, -0.25) is 4.79 Å². The number of ketones is 1. The maximum Gasteiger partial charge on any atom is 0.167 e. The molecule has 3 nitrogen and oxygen atoms in total. The molecule has 2 aromatic rings. The summed E-state index contributed by atoms with van der Waals surface area (Å²) >= 11 is 0. The molecule has 0 bridgehead atoms. The summed E-state index contributed by atoms with van der Waals surface area (Å²) in [4.78, 5) is 12.6. The quantitative estimate of drug-likeness (QED) is 0.780. The Hall–Kier alpha value is -1.77. The van der Waals surface area contributed by atoms with E-state index >= 15 is 0 Å². The Morgan fingerprint density at radius 3 is 2.58 bits per heavy atom. The largest absolute Gasteiger partial charge is 0.464 e. The molecule has 1 aromatic heterocycles. The zero-order valence-corrected chi connectivity index (χ0v) is 12.0. The molecule has 1 N–H and O–H groups in total. The number of anilines is 1. The second-order valence-corrected chi connectivity index (χ2v) is 6.48. The van der Waals surface area contributed by atoms with E-state index in [1.165, 1.54) is 0 Å². The first kappa shape index (κ1) is 12.3. The van der Waals surface area contributed by atoms with Crippen molar-refractivity contribution in [1.29, 1.82) is 0 Å². The summed E-state index contributed by atoms with van der Waals surface area (Å²) in [7, 11) is 0. The molecule has 0 spiro atoms. The Bertz CT molecular complexity index is 692. The summed E-state index contributed by atoms with van der Waals surface area (Å²) in [6.07, 6.45) is 1.70. The second kappa shape index (κ2) is 3.41. The van der Waals surface area contributed by atoms with Crippen LogP contribution in [0.5, 0.6) is 0 Å². The molecule has 0 unspecified atom stereocenters. The number of benzene rings is 1. The standard InChI is InChI=1S/C16H19NO2/c1-9-8-11-12(10-6-7-19-13(9)10)17-16(4,5)14(18)15(11,2)3/h6-8,17H,1-5H3. The third-order valence-corrected chi connectivity index (χ3v) is 4.17. The molecule has 3 rings (SSSR count). The van der Waals surface area contributed by atoms with Crippen LogP contribution >= 0.6 is 0 Å². The molecule has 0 atom stereocenters. The van der Waals surface area contributed by atoms with Crippen LogP contribution in [0.1, 0.15) is 38.8 Å². The van der Waals surface area contributed by atoms with Crippen LogP contribution in [0.4, 0.5) is 5.69 Å². The van der Waals surface area contributed by atoms with Gasteiger partial charge >= 0.3 is 0 Å². The highest BCUT2D eigenvalue weighted by molar-refractivity contribution is 6.08. The molecule has 0 aliphatic carbocycles. The number of fused-ring (bicyclic) bond motifs is 3. The summed E-state index contributed by atoms with van der Waals surface area (Å²) < 4.78 is 5.55. The highest BCUT2D eigenvalue weighted by Gasteiger charge is 2.46. The molecule has 0 saturated heterocycles. The molecular weight excluding hydrogens is 238 g/mol. The zero-order chi connectivity index (χ0) is 14.0. The van der Waals surface area contributed by atoms with E-state index in [0.29, 0.717) is 0 Å². The molecular formula is C16H19NO2. The van der Waals surface area contributed by atoms with Gasteiger partial charge in [-0.15, -0.1) is 0 Å². The van der Waals surface area contributed by atoms with Gasteiger partial charge in [0.05, 0.1) is 22.9 Å². The smallest absolute Gasteiger partial charge is 0.167 e. The van der Waals surface area contributed by atoms with Crippen molar-refractivity contribution in [2.45, 2.75) is 45.6 Å². The molecule has 1 aliphatic heterocycles. The molecule has 0 radical (unpaired) electrons. The Kier molecular flexibility index (Phi) is 2.20. The normalized spacial score (nSPS) is 20.2. The fraction of sp³-hybridized carbons (Fsp3) is 0.438. The molecule has 2 heterocycles. The van der Waals surface area contributed by atoms with E-state index in [1.807, 2.05) is 40.7 Å². The molecule has 0 amide bonds. The fourth-order valence-electron chi connectivity index (χ4n) is 3.21. The van der Waals surface area contributed by atoms with Gasteiger partial charge in [0, 0.05) is 5.39 Å². The average Bonchev–Trinajstić information content (AvgIpc) is 2.79. The molecule has 0 fully saturated rings. The summed E-state index contributed by atoms with van der Waals surface area (Å²) in [6, 6.07) is 4.04. The van der Waals surface area contributed by atoms with Crippen molar-refractivity contribution in [1.82, 2.24) is 0 Å². The van der Waals surface area contributed by atoms with Crippen LogP contribution in [0.3, 0.4) is 0 Å². The maximum absolute atomic E-state index is 12.6. The Morgan fingerprint density at radius 2 is 1.89 bits per heavy atom. The van der Waals surface area contributed by atoms with Gasteiger partial charge in [-0.2, -0.15) is 0 Å². The highest BCUT2D eigenvalue weighted by Crippen LogP contribution is 2.45. The second-order valence-electron chi connectivity index (χ2n) is 6.48. The number of aryl methyl sites for hydroxylation is 1. The van der Waals surface area contributed by atoms with E-state index in [2.05, 4.69) is 11.4 Å². The lowest BCUT2D eigenvalue weighted by Gasteiger charge is -2.42. The van der Waals surface area contributed by atoms with E-state index in [0.717, 1.165) is 27.8 Å². The van der Waals surface area contributed by atoms with Gasteiger partial charge in [0.15, 0.2) is 5.78 Å². The zero-order valence-electron chi connectivity index (χ0n) is 12.0. The van der Waals surface area contributed by atoms with Gasteiger partial charge < -0.3 is 9.73 Å². The van der Waals surface area contributed by atoms with Crippen molar-refractivity contribution in [3.63, 3.8) is 0 Å². The number of nitrogens with one attached hydrogen (secondary N) is 1. The Balaban J connectivity index is 2.41. The first-order chi connectivity index (χ1) is 8.75. The monoisotopic (exact) mass is 257 g/mol. The van der Waals surface area contributed by atoms with Gasteiger partial charge in [-0.05, 0) is 57.9 Å². The first-order valence-corrected chi connectivity index (χ1v) is 6.59. The lowest BCUT2D eigenvalue weighted by molar-refractivity contribution is -0.127. The topological polar surface area (TPSA) is 42.2 Å². The van der Waals surface area contributed by atoms with Crippen molar-refractivity contribution in [2.75, 3.05) is 5.32 Å². The summed E-state index contributed by atoms with van der Waals surface area (Å²) in [5.41, 5.74) is 3.01. The van der Waals surface area contributed by atoms with Crippen LogP contribution < -0.4 is 5.32 Å². The van der Waals surface area contributed by atoms with Crippen molar-refractivity contribution in [2.24, 2.45) is 0 Å². The van der Waals surface area contributed by atoms with Crippen LogP contribution in [-0.2, 0) is 10.2 Å². The summed E-state index contributed by atoms with van der Waals surface area (Å²) in [5.74, 6) is 0.217. The van der Waals surface area contributed by atoms with Crippen molar-refractivity contribution >= 4 is 22.4 Å². The molecule has 19 heavy (non-hydrogen) atoms. The minimum Gasteiger partial charge on any atom is -0.464 e. The van der Waals surface area contributed by atoms with Crippen LogP contribution in [-0.4, -0.2) is 11.3 Å².